The molecular formula is C10H16N2O2. The van der Waals surface area contributed by atoms with Crippen LogP contribution in [0.15, 0.2) is 24.3 Å². The topological polar surface area (TPSA) is 78.1 Å². The van der Waals surface area contributed by atoms with E-state index in [1.807, 2.05) is 12.1 Å². The Labute approximate surface area is 83.7 Å². The van der Waals surface area contributed by atoms with Crippen molar-refractivity contribution in [2.24, 2.45) is 0 Å². The van der Waals surface area contributed by atoms with Crippen LogP contribution in [0, 0.1) is 10.1 Å². The van der Waals surface area contributed by atoms with Crippen LogP contribution in [0.1, 0.15) is 25.3 Å². The molecule has 0 heterocycles. The molecule has 0 spiro atoms. The molecule has 0 aliphatic heterocycles. The first-order chi connectivity index (χ1) is 6.24. The van der Waals surface area contributed by atoms with Gasteiger partial charge in [-0.2, -0.15) is 0 Å². The Kier molecular flexibility index (Phi) is 5.48. The van der Waals surface area contributed by atoms with Crippen LogP contribution >= 0.6 is 0 Å². The molecule has 0 aliphatic rings. The number of nitrogens with zero attached hydrogens (tertiary/aromatic N) is 1. The molecule has 0 radical (unpaired) electrons. The van der Waals surface area contributed by atoms with Crippen LogP contribution in [0.4, 0.5) is 5.69 Å². The van der Waals surface area contributed by atoms with Crippen molar-refractivity contribution in [2.75, 3.05) is 0 Å². The molecule has 1 aromatic rings. The first-order valence-electron chi connectivity index (χ1n) is 4.47. The van der Waals surface area contributed by atoms with Gasteiger partial charge in [0.05, 0.1) is 4.92 Å². The average molecular weight is 196 g/mol. The molecular weight excluding hydrogens is 180 g/mol. The average Bonchev–Trinajstić information content (AvgIpc) is 2.15. The highest BCUT2D eigenvalue weighted by Crippen LogP contribution is 2.13. The van der Waals surface area contributed by atoms with Crippen molar-refractivity contribution in [3.05, 3.63) is 39.9 Å². The van der Waals surface area contributed by atoms with Gasteiger partial charge in [-0.05, 0) is 18.4 Å². The number of hydrogen-bond donors (Lipinski definition) is 1. The van der Waals surface area contributed by atoms with Gasteiger partial charge in [0, 0.05) is 12.1 Å². The van der Waals surface area contributed by atoms with E-state index in [-0.39, 0.29) is 16.8 Å². The van der Waals surface area contributed by atoms with Crippen molar-refractivity contribution < 1.29 is 4.92 Å². The Morgan fingerprint density at radius 2 is 1.86 bits per heavy atom. The van der Waals surface area contributed by atoms with E-state index >= 15 is 0 Å². The summed E-state index contributed by atoms with van der Waals surface area (Å²) in [5, 5.41) is 10.3. The standard InChI is InChI=1S/C10H13NO2.H3N/c1-2-3-4-9-5-7-10(8-6-9)11(12)13;/h5-8H,2-4H2,1H3;1H3. The first-order valence-corrected chi connectivity index (χ1v) is 4.47. The second-order valence-electron chi connectivity index (χ2n) is 3.03. The maximum absolute atomic E-state index is 10.3. The van der Waals surface area contributed by atoms with Gasteiger partial charge in [0.2, 0.25) is 0 Å². The molecule has 14 heavy (non-hydrogen) atoms. The molecule has 0 bridgehead atoms. The zero-order valence-electron chi connectivity index (χ0n) is 8.40. The smallest absolute Gasteiger partial charge is 0.269 e. The molecule has 1 aromatic carbocycles. The maximum Gasteiger partial charge on any atom is 0.269 e. The third-order valence-corrected chi connectivity index (χ3v) is 1.97. The summed E-state index contributed by atoms with van der Waals surface area (Å²) in [5.74, 6) is 0. The van der Waals surface area contributed by atoms with Gasteiger partial charge >= 0.3 is 0 Å². The number of benzene rings is 1. The van der Waals surface area contributed by atoms with Gasteiger partial charge in [-0.1, -0.05) is 25.5 Å². The SMILES string of the molecule is CCCCc1ccc([N+](=O)[O-])cc1.N. The van der Waals surface area contributed by atoms with E-state index in [0.717, 1.165) is 19.3 Å². The third kappa shape index (κ3) is 3.53. The second kappa shape index (κ2) is 6.10. The largest absolute Gasteiger partial charge is 0.344 e. The summed E-state index contributed by atoms with van der Waals surface area (Å²) in [6.07, 6.45) is 3.29. The van der Waals surface area contributed by atoms with Crippen LogP contribution in [-0.4, -0.2) is 4.92 Å². The van der Waals surface area contributed by atoms with Gasteiger partial charge in [0.25, 0.3) is 5.69 Å². The quantitative estimate of drug-likeness (QED) is 0.593. The maximum atomic E-state index is 10.3. The molecule has 0 saturated heterocycles. The minimum atomic E-state index is -0.371. The van der Waals surface area contributed by atoms with Crippen molar-refractivity contribution >= 4 is 5.69 Å². The summed E-state index contributed by atoms with van der Waals surface area (Å²) >= 11 is 0. The number of non-ortho nitro benzene ring substituents is 1. The number of nitro benzene ring substituents is 1. The molecule has 0 aliphatic carbocycles. The summed E-state index contributed by atoms with van der Waals surface area (Å²) < 4.78 is 0. The minimum Gasteiger partial charge on any atom is -0.344 e. The van der Waals surface area contributed by atoms with E-state index in [1.54, 1.807) is 12.1 Å². The van der Waals surface area contributed by atoms with Gasteiger partial charge in [-0.3, -0.25) is 10.1 Å². The zero-order valence-corrected chi connectivity index (χ0v) is 8.40. The monoisotopic (exact) mass is 196 g/mol. The highest BCUT2D eigenvalue weighted by atomic mass is 16.6. The third-order valence-electron chi connectivity index (χ3n) is 1.97. The normalized spacial score (nSPS) is 9.21. The second-order valence-corrected chi connectivity index (χ2v) is 3.03. The van der Waals surface area contributed by atoms with Crippen molar-refractivity contribution in [2.45, 2.75) is 26.2 Å². The molecule has 0 aromatic heterocycles. The lowest BCUT2D eigenvalue weighted by Gasteiger charge is -1.98. The molecule has 0 amide bonds. The summed E-state index contributed by atoms with van der Waals surface area (Å²) in [6.45, 7) is 2.13. The van der Waals surface area contributed by atoms with Gasteiger partial charge in [-0.15, -0.1) is 0 Å². The van der Waals surface area contributed by atoms with E-state index in [1.165, 1.54) is 5.56 Å². The number of aryl methyl sites for hydroxylation is 1. The predicted molar refractivity (Wildman–Crippen MR) is 56.7 cm³/mol. The summed E-state index contributed by atoms with van der Waals surface area (Å²) in [5.41, 5.74) is 1.34. The fourth-order valence-electron chi connectivity index (χ4n) is 1.17. The van der Waals surface area contributed by atoms with Crippen LogP contribution in [0.5, 0.6) is 0 Å². The van der Waals surface area contributed by atoms with E-state index in [2.05, 4.69) is 6.92 Å². The van der Waals surface area contributed by atoms with Crippen molar-refractivity contribution in [3.63, 3.8) is 0 Å². The summed E-state index contributed by atoms with van der Waals surface area (Å²) in [7, 11) is 0. The molecule has 4 nitrogen and oxygen atoms in total. The Morgan fingerprint density at radius 3 is 2.29 bits per heavy atom. The van der Waals surface area contributed by atoms with Gasteiger partial charge in [0.1, 0.15) is 0 Å². The molecule has 0 atom stereocenters. The van der Waals surface area contributed by atoms with Crippen molar-refractivity contribution in [3.8, 4) is 0 Å². The Morgan fingerprint density at radius 1 is 1.29 bits per heavy atom. The van der Waals surface area contributed by atoms with E-state index in [4.69, 9.17) is 0 Å². The van der Waals surface area contributed by atoms with E-state index < -0.39 is 0 Å². The predicted octanol–water partition coefficient (Wildman–Crippen LogP) is 3.10. The zero-order chi connectivity index (χ0) is 9.68. The van der Waals surface area contributed by atoms with E-state index in [9.17, 15) is 10.1 Å². The Hall–Kier alpha value is -1.42. The highest BCUT2D eigenvalue weighted by Gasteiger charge is 2.02. The fraction of sp³-hybridized carbons (Fsp3) is 0.400. The molecule has 78 valence electrons. The first kappa shape index (κ1) is 12.6. The van der Waals surface area contributed by atoms with Crippen LogP contribution in [0.3, 0.4) is 0 Å². The molecule has 4 heteroatoms. The number of unbranched alkanes of at least 4 members (excludes halogenated alkanes) is 1. The Bertz CT molecular complexity index is 283. The highest BCUT2D eigenvalue weighted by molar-refractivity contribution is 5.32. The van der Waals surface area contributed by atoms with Gasteiger partial charge in [0.15, 0.2) is 0 Å². The van der Waals surface area contributed by atoms with Crippen LogP contribution in [0.25, 0.3) is 0 Å². The summed E-state index contributed by atoms with van der Waals surface area (Å²) in [4.78, 5) is 9.96. The van der Waals surface area contributed by atoms with Crippen LogP contribution < -0.4 is 6.15 Å². The molecule has 0 fully saturated rings. The lowest BCUT2D eigenvalue weighted by molar-refractivity contribution is -0.384. The van der Waals surface area contributed by atoms with E-state index in [0.29, 0.717) is 0 Å². The van der Waals surface area contributed by atoms with Crippen molar-refractivity contribution in [1.29, 1.82) is 0 Å². The lowest BCUT2D eigenvalue weighted by atomic mass is 10.1. The van der Waals surface area contributed by atoms with Crippen LogP contribution in [0.2, 0.25) is 0 Å². The molecule has 3 N–H and O–H groups in total. The minimum absolute atomic E-state index is 0. The molecule has 1 rings (SSSR count). The fourth-order valence-corrected chi connectivity index (χ4v) is 1.17. The lowest BCUT2D eigenvalue weighted by Crippen LogP contribution is -1.89. The van der Waals surface area contributed by atoms with Gasteiger partial charge in [-0.25, -0.2) is 0 Å². The molecule has 0 saturated carbocycles. The Balaban J connectivity index is 0.00000169. The van der Waals surface area contributed by atoms with Crippen molar-refractivity contribution in [1.82, 2.24) is 6.15 Å². The molecule has 0 unspecified atom stereocenters. The van der Waals surface area contributed by atoms with Crippen LogP contribution in [-0.2, 0) is 6.42 Å². The number of nitro groups is 1. The number of hydrogen-bond acceptors (Lipinski definition) is 3. The van der Waals surface area contributed by atoms with Gasteiger partial charge < -0.3 is 6.15 Å². The summed E-state index contributed by atoms with van der Waals surface area (Å²) in [6, 6.07) is 6.78. The number of rotatable bonds is 4.